The molecule has 5 aromatic rings. The van der Waals surface area contributed by atoms with E-state index in [2.05, 4.69) is 79.6 Å². The summed E-state index contributed by atoms with van der Waals surface area (Å²) in [5.41, 5.74) is 7.47. The van der Waals surface area contributed by atoms with Gasteiger partial charge in [-0.25, -0.2) is 4.68 Å². The van der Waals surface area contributed by atoms with Gasteiger partial charge in [-0.05, 0) is 48.7 Å². The number of anilines is 1. The summed E-state index contributed by atoms with van der Waals surface area (Å²) in [7, 11) is 0. The summed E-state index contributed by atoms with van der Waals surface area (Å²) in [5.74, 6) is 0.487. The molecule has 0 aliphatic heterocycles. The predicted octanol–water partition coefficient (Wildman–Crippen LogP) is 6.42. The van der Waals surface area contributed by atoms with E-state index in [1.807, 2.05) is 41.1 Å². The number of para-hydroxylation sites is 1. The van der Waals surface area contributed by atoms with Crippen molar-refractivity contribution in [3.05, 3.63) is 112 Å². The molecule has 2 N–H and O–H groups in total. The number of aromatic nitrogens is 3. The number of pyridine rings is 1. The largest absolute Gasteiger partial charge is 0.381 e. The second-order valence-electron chi connectivity index (χ2n) is 8.98. The highest BCUT2D eigenvalue weighted by atomic mass is 16.1. The molecule has 5 heteroatoms. The van der Waals surface area contributed by atoms with Gasteiger partial charge in [0.25, 0.3) is 5.56 Å². The van der Waals surface area contributed by atoms with Gasteiger partial charge in [0, 0.05) is 28.7 Å². The number of fused-ring (bicyclic) bond motifs is 1. The van der Waals surface area contributed by atoms with Crippen molar-refractivity contribution in [1.29, 1.82) is 0 Å². The normalized spacial score (nSPS) is 11.3. The van der Waals surface area contributed by atoms with Crippen molar-refractivity contribution < 1.29 is 0 Å². The van der Waals surface area contributed by atoms with E-state index in [1.54, 1.807) is 0 Å². The average Bonchev–Trinajstić information content (AvgIpc) is 3.22. The van der Waals surface area contributed by atoms with Crippen molar-refractivity contribution in [1.82, 2.24) is 14.8 Å². The monoisotopic (exact) mass is 448 g/mol. The average molecular weight is 449 g/mol. The molecule has 34 heavy (non-hydrogen) atoms. The summed E-state index contributed by atoms with van der Waals surface area (Å²) in [5, 5.41) is 9.22. The fourth-order valence-corrected chi connectivity index (χ4v) is 4.11. The van der Waals surface area contributed by atoms with Gasteiger partial charge in [-0.2, -0.15) is 5.10 Å². The van der Waals surface area contributed by atoms with Crippen LogP contribution in [-0.2, 0) is 6.54 Å². The summed E-state index contributed by atoms with van der Waals surface area (Å²) in [6.07, 6.45) is 0. The lowest BCUT2D eigenvalue weighted by Crippen LogP contribution is -2.16. The Bertz CT molecular complexity index is 1480. The van der Waals surface area contributed by atoms with Crippen LogP contribution in [0, 0.1) is 6.92 Å². The maximum Gasteiger partial charge on any atom is 0.254 e. The van der Waals surface area contributed by atoms with E-state index in [4.69, 9.17) is 5.10 Å². The summed E-state index contributed by atoms with van der Waals surface area (Å²) in [6, 6.07) is 28.5. The van der Waals surface area contributed by atoms with Crippen molar-refractivity contribution in [3.8, 4) is 16.9 Å². The summed E-state index contributed by atoms with van der Waals surface area (Å²) >= 11 is 0. The molecule has 0 radical (unpaired) electrons. The lowest BCUT2D eigenvalue weighted by Gasteiger charge is -2.09. The Balaban J connectivity index is 1.56. The van der Waals surface area contributed by atoms with Crippen molar-refractivity contribution in [2.45, 2.75) is 33.2 Å². The van der Waals surface area contributed by atoms with Gasteiger partial charge in [0.2, 0.25) is 0 Å². The smallest absolute Gasteiger partial charge is 0.254 e. The topological polar surface area (TPSA) is 62.7 Å². The first-order valence-corrected chi connectivity index (χ1v) is 11.6. The van der Waals surface area contributed by atoms with Crippen LogP contribution in [0.5, 0.6) is 0 Å². The van der Waals surface area contributed by atoms with Crippen molar-refractivity contribution in [2.24, 2.45) is 0 Å². The number of H-pyrrole nitrogens is 1. The molecule has 0 spiro atoms. The number of aryl methyl sites for hydroxylation is 1. The highest BCUT2D eigenvalue weighted by Gasteiger charge is 2.16. The fraction of sp³-hybridized carbons (Fsp3) is 0.172. The van der Waals surface area contributed by atoms with E-state index in [9.17, 15) is 4.79 Å². The Morgan fingerprint density at radius 2 is 1.65 bits per heavy atom. The van der Waals surface area contributed by atoms with Gasteiger partial charge in [0.15, 0.2) is 0 Å². The molecule has 0 unspecified atom stereocenters. The number of nitrogens with zero attached hydrogens (tertiary/aromatic N) is 2. The van der Waals surface area contributed by atoms with Gasteiger partial charge < -0.3 is 10.3 Å². The molecule has 5 rings (SSSR count). The van der Waals surface area contributed by atoms with E-state index < -0.39 is 0 Å². The molecule has 2 heterocycles. The zero-order chi connectivity index (χ0) is 23.7. The number of nitrogens with one attached hydrogen (secondary N) is 2. The van der Waals surface area contributed by atoms with Crippen molar-refractivity contribution in [3.63, 3.8) is 0 Å². The van der Waals surface area contributed by atoms with Crippen molar-refractivity contribution in [2.75, 3.05) is 5.32 Å². The van der Waals surface area contributed by atoms with E-state index in [1.165, 1.54) is 11.1 Å². The molecule has 0 amide bonds. The van der Waals surface area contributed by atoms with Gasteiger partial charge in [-0.3, -0.25) is 4.79 Å². The number of hydrogen-bond acceptors (Lipinski definition) is 3. The quantitative estimate of drug-likeness (QED) is 0.315. The van der Waals surface area contributed by atoms with Crippen molar-refractivity contribution >= 4 is 16.7 Å². The third kappa shape index (κ3) is 4.25. The number of rotatable bonds is 6. The summed E-state index contributed by atoms with van der Waals surface area (Å²) in [4.78, 5) is 16.1. The van der Waals surface area contributed by atoms with E-state index in [0.29, 0.717) is 23.7 Å². The predicted molar refractivity (Wildman–Crippen MR) is 140 cm³/mol. The van der Waals surface area contributed by atoms with Crippen LogP contribution in [0.2, 0.25) is 0 Å². The molecule has 5 nitrogen and oxygen atoms in total. The fourth-order valence-electron chi connectivity index (χ4n) is 4.11. The Morgan fingerprint density at radius 3 is 2.32 bits per heavy atom. The van der Waals surface area contributed by atoms with E-state index in [0.717, 1.165) is 28.0 Å². The van der Waals surface area contributed by atoms with Gasteiger partial charge in [-0.15, -0.1) is 0 Å². The van der Waals surface area contributed by atoms with Crippen LogP contribution in [0.4, 0.5) is 5.69 Å². The van der Waals surface area contributed by atoms with Crippen LogP contribution < -0.4 is 10.9 Å². The maximum absolute atomic E-state index is 13.0. The molecule has 0 fully saturated rings. The molecule has 0 aliphatic carbocycles. The first kappa shape index (κ1) is 21.7. The molecule has 0 saturated heterocycles. The minimum Gasteiger partial charge on any atom is -0.381 e. The number of hydrogen-bond donors (Lipinski definition) is 2. The van der Waals surface area contributed by atoms with Crippen LogP contribution in [-0.4, -0.2) is 14.8 Å². The van der Waals surface area contributed by atoms with Crippen LogP contribution in [0.15, 0.2) is 89.7 Å². The molecular formula is C29H28N4O. The second-order valence-corrected chi connectivity index (χ2v) is 8.98. The Morgan fingerprint density at radius 1 is 0.941 bits per heavy atom. The molecule has 3 aromatic carbocycles. The van der Waals surface area contributed by atoms with Gasteiger partial charge in [0.05, 0.1) is 5.69 Å². The Hall–Kier alpha value is -4.12. The zero-order valence-electron chi connectivity index (χ0n) is 19.7. The molecule has 0 atom stereocenters. The van der Waals surface area contributed by atoms with Gasteiger partial charge >= 0.3 is 0 Å². The molecular weight excluding hydrogens is 420 g/mol. The molecule has 0 aliphatic rings. The van der Waals surface area contributed by atoms with Gasteiger partial charge in [-0.1, -0.05) is 74.0 Å². The molecule has 0 saturated carbocycles. The standard InChI is InChI=1S/C29H28N4O/c1-19(2)21-13-15-24(16-14-21)30-18-23-17-26-27(22-11-9-20(3)10-12-22)32-33(28(26)31-29(23)34)25-7-5-4-6-8-25/h4-17,19,30H,18H2,1-3H3,(H,31,34). The molecule has 170 valence electrons. The molecule has 0 bridgehead atoms. The van der Waals surface area contributed by atoms with E-state index in [-0.39, 0.29) is 5.56 Å². The van der Waals surface area contributed by atoms with E-state index >= 15 is 0 Å². The number of aromatic amines is 1. The highest BCUT2D eigenvalue weighted by molar-refractivity contribution is 5.92. The maximum atomic E-state index is 13.0. The Kier molecular flexibility index (Phi) is 5.76. The third-order valence-electron chi connectivity index (χ3n) is 6.15. The van der Waals surface area contributed by atoms with Crippen LogP contribution >= 0.6 is 0 Å². The zero-order valence-corrected chi connectivity index (χ0v) is 19.7. The summed E-state index contributed by atoms with van der Waals surface area (Å²) < 4.78 is 1.81. The lowest BCUT2D eigenvalue weighted by atomic mass is 10.0. The number of benzene rings is 3. The highest BCUT2D eigenvalue weighted by Crippen LogP contribution is 2.29. The minimum absolute atomic E-state index is 0.119. The SMILES string of the molecule is Cc1ccc(-c2nn(-c3ccccc3)c3[nH]c(=O)c(CNc4ccc(C(C)C)cc4)cc23)cc1. The lowest BCUT2D eigenvalue weighted by molar-refractivity contribution is 0.866. The van der Waals surface area contributed by atoms with Crippen LogP contribution in [0.25, 0.3) is 28.0 Å². The molecule has 2 aromatic heterocycles. The van der Waals surface area contributed by atoms with Gasteiger partial charge in [0.1, 0.15) is 11.3 Å². The summed E-state index contributed by atoms with van der Waals surface area (Å²) in [6.45, 7) is 6.85. The minimum atomic E-state index is -0.119. The first-order valence-electron chi connectivity index (χ1n) is 11.6. The third-order valence-corrected chi connectivity index (χ3v) is 6.15. The van der Waals surface area contributed by atoms with Crippen LogP contribution in [0.3, 0.4) is 0 Å². The second kappa shape index (κ2) is 9.02. The first-order chi connectivity index (χ1) is 16.5. The van der Waals surface area contributed by atoms with Crippen LogP contribution in [0.1, 0.15) is 36.5 Å². The Labute approximate surface area is 199 Å².